The van der Waals surface area contributed by atoms with Crippen molar-refractivity contribution in [2.75, 3.05) is 39.8 Å². The van der Waals surface area contributed by atoms with Gasteiger partial charge in [-0.3, -0.25) is 0 Å². The van der Waals surface area contributed by atoms with E-state index < -0.39 is 10.2 Å². The predicted molar refractivity (Wildman–Crippen MR) is 87.7 cm³/mol. The summed E-state index contributed by atoms with van der Waals surface area (Å²) in [7, 11) is -1.31. The third-order valence-corrected chi connectivity index (χ3v) is 6.70. The molecule has 5 nitrogen and oxygen atoms in total. The normalized spacial score (nSPS) is 26.1. The van der Waals surface area contributed by atoms with E-state index in [0.29, 0.717) is 19.6 Å². The molecule has 0 saturated carbocycles. The van der Waals surface area contributed by atoms with Crippen molar-refractivity contribution >= 4 is 10.2 Å². The first kappa shape index (κ1) is 15.9. The van der Waals surface area contributed by atoms with Crippen molar-refractivity contribution in [3.8, 4) is 0 Å². The maximum Gasteiger partial charge on any atom is 0.282 e. The molecule has 22 heavy (non-hydrogen) atoms. The van der Waals surface area contributed by atoms with Crippen LogP contribution in [0, 0.1) is 0 Å². The van der Waals surface area contributed by atoms with Crippen LogP contribution in [0.15, 0.2) is 30.3 Å². The van der Waals surface area contributed by atoms with Gasteiger partial charge in [0.1, 0.15) is 0 Å². The summed E-state index contributed by atoms with van der Waals surface area (Å²) in [6, 6.07) is 9.91. The van der Waals surface area contributed by atoms with E-state index in [2.05, 4.69) is 11.9 Å². The van der Waals surface area contributed by atoms with Crippen molar-refractivity contribution in [1.29, 1.82) is 0 Å². The summed E-state index contributed by atoms with van der Waals surface area (Å²) >= 11 is 0. The van der Waals surface area contributed by atoms with E-state index in [-0.39, 0.29) is 6.04 Å². The first-order chi connectivity index (χ1) is 10.6. The van der Waals surface area contributed by atoms with E-state index in [1.807, 2.05) is 30.3 Å². The smallest absolute Gasteiger partial charge is 0.282 e. The number of rotatable bonds is 3. The van der Waals surface area contributed by atoms with Crippen molar-refractivity contribution in [3.63, 3.8) is 0 Å². The Morgan fingerprint density at radius 2 is 1.64 bits per heavy atom. The highest BCUT2D eigenvalue weighted by molar-refractivity contribution is 7.86. The molecular formula is C16H25N3O2S. The molecule has 0 spiro atoms. The molecule has 2 saturated heterocycles. The highest BCUT2D eigenvalue weighted by Crippen LogP contribution is 2.30. The Bertz CT molecular complexity index is 585. The lowest BCUT2D eigenvalue weighted by Gasteiger charge is -2.42. The lowest BCUT2D eigenvalue weighted by Crippen LogP contribution is -2.54. The number of hydrogen-bond acceptors (Lipinski definition) is 3. The number of likely N-dealkylation sites (N-methyl/N-ethyl adjacent to an activating group) is 1. The van der Waals surface area contributed by atoms with Gasteiger partial charge in [-0.15, -0.1) is 0 Å². The van der Waals surface area contributed by atoms with Gasteiger partial charge in [0.05, 0.1) is 6.04 Å². The summed E-state index contributed by atoms with van der Waals surface area (Å²) in [6.45, 7) is 3.43. The summed E-state index contributed by atoms with van der Waals surface area (Å²) in [6.07, 6.45) is 3.09. The Labute approximate surface area is 133 Å². The van der Waals surface area contributed by atoms with Gasteiger partial charge in [0.15, 0.2) is 0 Å². The fourth-order valence-electron chi connectivity index (χ4n) is 3.37. The van der Waals surface area contributed by atoms with E-state index in [4.69, 9.17) is 0 Å². The summed E-state index contributed by atoms with van der Waals surface area (Å²) in [4.78, 5) is 2.21. The van der Waals surface area contributed by atoms with Gasteiger partial charge >= 0.3 is 0 Å². The fourth-order valence-corrected chi connectivity index (χ4v) is 5.21. The molecule has 122 valence electrons. The Hall–Kier alpha value is -0.950. The number of piperazine rings is 1. The molecule has 2 fully saturated rings. The van der Waals surface area contributed by atoms with Crippen molar-refractivity contribution < 1.29 is 8.42 Å². The summed E-state index contributed by atoms with van der Waals surface area (Å²) in [5, 5.41) is 0. The Kier molecular flexibility index (Phi) is 4.82. The minimum absolute atomic E-state index is 0.0909. The molecule has 0 aromatic heterocycles. The van der Waals surface area contributed by atoms with Gasteiger partial charge in [0.2, 0.25) is 0 Å². The van der Waals surface area contributed by atoms with Crippen LogP contribution in [-0.4, -0.2) is 61.7 Å². The molecule has 0 bridgehead atoms. The molecular weight excluding hydrogens is 298 g/mol. The lowest BCUT2D eigenvalue weighted by atomic mass is 10.1. The molecule has 1 atom stereocenters. The lowest BCUT2D eigenvalue weighted by molar-refractivity contribution is 0.150. The van der Waals surface area contributed by atoms with Gasteiger partial charge in [-0.25, -0.2) is 0 Å². The number of benzene rings is 1. The molecule has 0 amide bonds. The molecule has 0 N–H and O–H groups in total. The first-order valence-electron chi connectivity index (χ1n) is 8.09. The monoisotopic (exact) mass is 323 g/mol. The molecule has 3 rings (SSSR count). The fraction of sp³-hybridized carbons (Fsp3) is 0.625. The second-order valence-electron chi connectivity index (χ2n) is 6.27. The largest absolute Gasteiger partial charge is 0.303 e. The third kappa shape index (κ3) is 3.20. The second-order valence-corrected chi connectivity index (χ2v) is 8.15. The Balaban J connectivity index is 1.89. The third-order valence-electron chi connectivity index (χ3n) is 4.66. The molecule has 2 aliphatic rings. The van der Waals surface area contributed by atoms with E-state index in [0.717, 1.165) is 37.9 Å². The van der Waals surface area contributed by atoms with Gasteiger partial charge in [0.25, 0.3) is 10.2 Å². The van der Waals surface area contributed by atoms with Gasteiger partial charge in [0, 0.05) is 32.7 Å². The first-order valence-corrected chi connectivity index (χ1v) is 9.49. The molecule has 2 aliphatic heterocycles. The zero-order valence-corrected chi connectivity index (χ0v) is 14.0. The minimum atomic E-state index is -3.37. The topological polar surface area (TPSA) is 43.9 Å². The average molecular weight is 323 g/mol. The van der Waals surface area contributed by atoms with Crippen LogP contribution in [0.5, 0.6) is 0 Å². The zero-order valence-electron chi connectivity index (χ0n) is 13.2. The zero-order chi connectivity index (χ0) is 15.6. The van der Waals surface area contributed by atoms with Crippen LogP contribution < -0.4 is 0 Å². The van der Waals surface area contributed by atoms with Crippen LogP contribution in [0.3, 0.4) is 0 Å². The molecule has 2 heterocycles. The number of hydrogen-bond donors (Lipinski definition) is 0. The Morgan fingerprint density at radius 1 is 0.955 bits per heavy atom. The van der Waals surface area contributed by atoms with Crippen LogP contribution in [0.4, 0.5) is 0 Å². The highest BCUT2D eigenvalue weighted by atomic mass is 32.2. The van der Waals surface area contributed by atoms with Crippen molar-refractivity contribution in [3.05, 3.63) is 35.9 Å². The van der Waals surface area contributed by atoms with Crippen LogP contribution in [0.1, 0.15) is 30.9 Å². The number of piperidine rings is 1. The summed E-state index contributed by atoms with van der Waals surface area (Å²) in [5.41, 5.74) is 1.08. The Morgan fingerprint density at radius 3 is 2.32 bits per heavy atom. The SMILES string of the molecule is CN1CCN(S(=O)(=O)N2CCCCC2)[C@@H](c2ccccc2)C1. The minimum Gasteiger partial charge on any atom is -0.303 e. The van der Waals surface area contributed by atoms with Crippen LogP contribution >= 0.6 is 0 Å². The average Bonchev–Trinajstić information content (AvgIpc) is 2.56. The molecule has 1 aromatic rings. The molecule has 6 heteroatoms. The molecule has 0 unspecified atom stereocenters. The van der Waals surface area contributed by atoms with Gasteiger partial charge < -0.3 is 4.90 Å². The molecule has 0 aliphatic carbocycles. The van der Waals surface area contributed by atoms with Gasteiger partial charge in [-0.2, -0.15) is 17.0 Å². The van der Waals surface area contributed by atoms with E-state index >= 15 is 0 Å². The molecule has 1 aromatic carbocycles. The summed E-state index contributed by atoms with van der Waals surface area (Å²) < 4.78 is 29.5. The quantitative estimate of drug-likeness (QED) is 0.850. The maximum absolute atomic E-state index is 13.1. The second kappa shape index (κ2) is 6.66. The van der Waals surface area contributed by atoms with Gasteiger partial charge in [-0.05, 0) is 25.5 Å². The van der Waals surface area contributed by atoms with Gasteiger partial charge in [-0.1, -0.05) is 36.8 Å². The highest BCUT2D eigenvalue weighted by Gasteiger charge is 2.38. The van der Waals surface area contributed by atoms with Crippen molar-refractivity contribution in [2.45, 2.75) is 25.3 Å². The van der Waals surface area contributed by atoms with E-state index in [1.165, 1.54) is 0 Å². The van der Waals surface area contributed by atoms with Crippen molar-refractivity contribution in [1.82, 2.24) is 13.5 Å². The molecule has 0 radical (unpaired) electrons. The van der Waals surface area contributed by atoms with Crippen LogP contribution in [0.25, 0.3) is 0 Å². The van der Waals surface area contributed by atoms with Crippen LogP contribution in [-0.2, 0) is 10.2 Å². The van der Waals surface area contributed by atoms with E-state index in [1.54, 1.807) is 8.61 Å². The standard InChI is InChI=1S/C16H25N3O2S/c1-17-12-13-19(16(14-17)15-8-4-2-5-9-15)22(20,21)18-10-6-3-7-11-18/h2,4-5,8-9,16H,3,6-7,10-14H2,1H3/t16-/m1/s1. The number of nitrogens with zero attached hydrogens (tertiary/aromatic N) is 3. The van der Waals surface area contributed by atoms with E-state index in [9.17, 15) is 8.42 Å². The summed E-state index contributed by atoms with van der Waals surface area (Å²) in [5.74, 6) is 0. The maximum atomic E-state index is 13.1. The predicted octanol–water partition coefficient (Wildman–Crippen LogP) is 1.71. The van der Waals surface area contributed by atoms with Crippen LogP contribution in [0.2, 0.25) is 0 Å². The van der Waals surface area contributed by atoms with Crippen molar-refractivity contribution in [2.24, 2.45) is 0 Å².